The quantitative estimate of drug-likeness (QED) is 0.720. The molecular weight excluding hydrogens is 423 g/mol. The van der Waals surface area contributed by atoms with Crippen molar-refractivity contribution in [3.63, 3.8) is 0 Å². The highest BCUT2D eigenvalue weighted by molar-refractivity contribution is 5.93. The minimum atomic E-state index is -4.61. The smallest absolute Gasteiger partial charge is 0.384 e. The Kier molecular flexibility index (Phi) is 5.77. The predicted molar refractivity (Wildman–Crippen MR) is 109 cm³/mol. The summed E-state index contributed by atoms with van der Waals surface area (Å²) in [6, 6.07) is 5.43. The molecule has 10 heteroatoms. The maximum Gasteiger partial charge on any atom is 0.417 e. The Hall–Kier alpha value is -3.19. The lowest BCUT2D eigenvalue weighted by Gasteiger charge is -2.44. The van der Waals surface area contributed by atoms with Gasteiger partial charge in [-0.25, -0.2) is 9.97 Å². The van der Waals surface area contributed by atoms with Gasteiger partial charge >= 0.3 is 6.18 Å². The fourth-order valence-corrected chi connectivity index (χ4v) is 4.85. The molecule has 4 rings (SSSR count). The number of aromatic nitrogens is 2. The SMILES string of the molecule is COC[C@@]12CCN(c3ccc(C#N)c(C(F)(F)F)c3)C[C@@H]1CN(C(=O)c1cncnc1)C2. The Morgan fingerprint density at radius 2 is 2.06 bits per heavy atom. The van der Waals surface area contributed by atoms with Crippen molar-refractivity contribution in [2.24, 2.45) is 11.3 Å². The van der Waals surface area contributed by atoms with Gasteiger partial charge in [-0.3, -0.25) is 4.79 Å². The Bertz CT molecular complexity index is 1040. The van der Waals surface area contributed by atoms with Crippen LogP contribution in [0.3, 0.4) is 0 Å². The number of alkyl halides is 3. The first-order chi connectivity index (χ1) is 15.3. The number of halogens is 3. The average Bonchev–Trinajstić information content (AvgIpc) is 3.17. The van der Waals surface area contributed by atoms with Crippen LogP contribution in [-0.4, -0.2) is 60.7 Å². The van der Waals surface area contributed by atoms with Crippen LogP contribution in [0.15, 0.2) is 36.9 Å². The molecule has 0 saturated carbocycles. The summed E-state index contributed by atoms with van der Waals surface area (Å²) in [6.45, 7) is 2.45. The van der Waals surface area contributed by atoms with Gasteiger partial charge in [0.2, 0.25) is 0 Å². The first-order valence-electron chi connectivity index (χ1n) is 10.2. The molecule has 0 aliphatic carbocycles. The van der Waals surface area contributed by atoms with E-state index in [-0.39, 0.29) is 17.2 Å². The van der Waals surface area contributed by atoms with E-state index in [0.29, 0.717) is 50.5 Å². The van der Waals surface area contributed by atoms with E-state index < -0.39 is 17.3 Å². The zero-order valence-corrected chi connectivity index (χ0v) is 17.5. The number of carbonyl (C=O) groups excluding carboxylic acids is 1. The monoisotopic (exact) mass is 445 g/mol. The van der Waals surface area contributed by atoms with Crippen molar-refractivity contribution in [2.45, 2.75) is 12.6 Å². The average molecular weight is 445 g/mol. The molecule has 0 spiro atoms. The number of piperidine rings is 1. The van der Waals surface area contributed by atoms with Crippen molar-refractivity contribution in [2.75, 3.05) is 44.8 Å². The topological polar surface area (TPSA) is 82.4 Å². The molecule has 3 heterocycles. The molecule has 1 aromatic carbocycles. The van der Waals surface area contributed by atoms with Crippen molar-refractivity contribution in [1.82, 2.24) is 14.9 Å². The number of benzene rings is 1. The summed E-state index contributed by atoms with van der Waals surface area (Å²) in [6.07, 6.45) is 0.370. The molecule has 32 heavy (non-hydrogen) atoms. The maximum atomic E-state index is 13.4. The normalized spacial score (nSPS) is 23.0. The summed E-state index contributed by atoms with van der Waals surface area (Å²) < 4.78 is 45.7. The van der Waals surface area contributed by atoms with Crippen LogP contribution >= 0.6 is 0 Å². The van der Waals surface area contributed by atoms with Crippen LogP contribution in [0.25, 0.3) is 0 Å². The summed E-state index contributed by atoms with van der Waals surface area (Å²) in [5.41, 5.74) is -0.773. The number of carbonyl (C=O) groups is 1. The van der Waals surface area contributed by atoms with Gasteiger partial charge in [0.05, 0.1) is 29.4 Å². The minimum Gasteiger partial charge on any atom is -0.384 e. The van der Waals surface area contributed by atoms with Gasteiger partial charge in [0.25, 0.3) is 5.91 Å². The van der Waals surface area contributed by atoms with Gasteiger partial charge in [-0.2, -0.15) is 18.4 Å². The second-order valence-corrected chi connectivity index (χ2v) is 8.34. The lowest BCUT2D eigenvalue weighted by Crippen LogP contribution is -2.49. The number of amides is 1. The van der Waals surface area contributed by atoms with Gasteiger partial charge in [-0.1, -0.05) is 0 Å². The third kappa shape index (κ3) is 4.00. The van der Waals surface area contributed by atoms with Crippen LogP contribution in [-0.2, 0) is 10.9 Å². The molecule has 2 saturated heterocycles. The molecule has 0 radical (unpaired) electrons. The lowest BCUT2D eigenvalue weighted by atomic mass is 9.73. The molecule has 2 aromatic rings. The molecule has 0 unspecified atom stereocenters. The number of fused-ring (bicyclic) bond motifs is 1. The summed E-state index contributed by atoms with van der Waals surface area (Å²) in [7, 11) is 1.62. The highest BCUT2D eigenvalue weighted by Gasteiger charge is 2.51. The number of ether oxygens (including phenoxy) is 1. The molecule has 168 valence electrons. The molecule has 2 aliphatic rings. The highest BCUT2D eigenvalue weighted by atomic mass is 19.4. The summed E-state index contributed by atoms with van der Waals surface area (Å²) >= 11 is 0. The third-order valence-corrected chi connectivity index (χ3v) is 6.45. The molecular formula is C22H22F3N5O2. The third-order valence-electron chi connectivity index (χ3n) is 6.45. The molecule has 1 aromatic heterocycles. The van der Waals surface area contributed by atoms with Crippen molar-refractivity contribution >= 4 is 11.6 Å². The fourth-order valence-electron chi connectivity index (χ4n) is 4.85. The molecule has 2 atom stereocenters. The van der Waals surface area contributed by atoms with E-state index in [0.717, 1.165) is 6.07 Å². The number of hydrogen-bond donors (Lipinski definition) is 0. The van der Waals surface area contributed by atoms with Crippen LogP contribution < -0.4 is 4.90 Å². The van der Waals surface area contributed by atoms with Crippen LogP contribution in [0.4, 0.5) is 18.9 Å². The van der Waals surface area contributed by atoms with E-state index in [1.807, 2.05) is 4.90 Å². The van der Waals surface area contributed by atoms with Crippen LogP contribution in [0.1, 0.15) is 27.9 Å². The van der Waals surface area contributed by atoms with E-state index in [1.54, 1.807) is 24.1 Å². The lowest BCUT2D eigenvalue weighted by molar-refractivity contribution is -0.137. The van der Waals surface area contributed by atoms with Crippen molar-refractivity contribution in [3.05, 3.63) is 53.6 Å². The fraction of sp³-hybridized carbons (Fsp3) is 0.455. The number of nitrogens with zero attached hydrogens (tertiary/aromatic N) is 5. The van der Waals surface area contributed by atoms with Crippen LogP contribution in [0, 0.1) is 22.7 Å². The van der Waals surface area contributed by atoms with Gasteiger partial charge in [-0.05, 0) is 24.6 Å². The molecule has 0 N–H and O–H groups in total. The van der Waals surface area contributed by atoms with Crippen LogP contribution in [0.2, 0.25) is 0 Å². The molecule has 2 fully saturated rings. The molecule has 7 nitrogen and oxygen atoms in total. The number of anilines is 1. The minimum absolute atomic E-state index is 0.0229. The Morgan fingerprint density at radius 1 is 1.31 bits per heavy atom. The van der Waals surface area contributed by atoms with Gasteiger partial charge in [-0.15, -0.1) is 0 Å². The van der Waals surface area contributed by atoms with Crippen molar-refractivity contribution in [3.8, 4) is 6.07 Å². The van der Waals surface area contributed by atoms with Crippen LogP contribution in [0.5, 0.6) is 0 Å². The molecule has 1 amide bonds. The van der Waals surface area contributed by atoms with Crippen molar-refractivity contribution in [1.29, 1.82) is 5.26 Å². The zero-order chi connectivity index (χ0) is 22.9. The standard InChI is InChI=1S/C22H22F3N5O2/c1-32-13-21-4-5-29(18-3-2-15(7-26)19(6-18)22(23,24)25)10-17(21)11-30(12-21)20(31)16-8-27-14-28-9-16/h2-3,6,8-9,14,17H,4-5,10-13H2,1H3/t17-,21+/m1/s1. The van der Waals surface area contributed by atoms with E-state index in [2.05, 4.69) is 9.97 Å². The molecule has 2 aliphatic heterocycles. The highest BCUT2D eigenvalue weighted by Crippen LogP contribution is 2.45. The second kappa shape index (κ2) is 8.39. The largest absolute Gasteiger partial charge is 0.417 e. The second-order valence-electron chi connectivity index (χ2n) is 8.34. The number of methoxy groups -OCH3 is 1. The summed E-state index contributed by atoms with van der Waals surface area (Å²) in [5, 5.41) is 9.05. The van der Waals surface area contributed by atoms with E-state index in [1.165, 1.54) is 24.8 Å². The van der Waals surface area contributed by atoms with Gasteiger partial charge < -0.3 is 14.5 Å². The molecule has 0 bridgehead atoms. The maximum absolute atomic E-state index is 13.4. The first-order valence-corrected chi connectivity index (χ1v) is 10.2. The predicted octanol–water partition coefficient (Wildman–Crippen LogP) is 2.98. The summed E-state index contributed by atoms with van der Waals surface area (Å²) in [4.78, 5) is 24.4. The van der Waals surface area contributed by atoms with E-state index >= 15 is 0 Å². The number of rotatable bonds is 4. The van der Waals surface area contributed by atoms with E-state index in [9.17, 15) is 18.0 Å². The van der Waals surface area contributed by atoms with E-state index in [4.69, 9.17) is 10.00 Å². The Morgan fingerprint density at radius 3 is 2.72 bits per heavy atom. The number of nitriles is 1. The number of likely N-dealkylation sites (tertiary alicyclic amines) is 1. The first kappa shape index (κ1) is 22.0. The van der Waals surface area contributed by atoms with Gasteiger partial charge in [0.1, 0.15) is 6.33 Å². The van der Waals surface area contributed by atoms with Crippen molar-refractivity contribution < 1.29 is 22.7 Å². The Labute approximate surface area is 183 Å². The van der Waals surface area contributed by atoms with Gasteiger partial charge in [0, 0.05) is 62.7 Å². The Balaban J connectivity index is 1.58. The summed E-state index contributed by atoms with van der Waals surface area (Å²) in [5.74, 6) is -0.144. The van der Waals surface area contributed by atoms with Gasteiger partial charge in [0.15, 0.2) is 0 Å². The zero-order valence-electron chi connectivity index (χ0n) is 17.5. The number of hydrogen-bond acceptors (Lipinski definition) is 6.